The van der Waals surface area contributed by atoms with E-state index >= 15 is 0 Å². The highest BCUT2D eigenvalue weighted by Gasteiger charge is 2.24. The summed E-state index contributed by atoms with van der Waals surface area (Å²) in [6.45, 7) is 4.74. The molecule has 1 N–H and O–H groups in total. The van der Waals surface area contributed by atoms with Gasteiger partial charge in [-0.3, -0.25) is 0 Å². The molecule has 0 saturated carbocycles. The van der Waals surface area contributed by atoms with Crippen molar-refractivity contribution in [2.75, 3.05) is 52.3 Å². The molecule has 4 nitrogen and oxygen atoms in total. The molecule has 0 aliphatic carbocycles. The molecule has 1 aromatic rings. The van der Waals surface area contributed by atoms with E-state index in [2.05, 4.69) is 63.3 Å². The first-order valence-corrected chi connectivity index (χ1v) is 8.30. The van der Waals surface area contributed by atoms with Crippen LogP contribution in [0, 0.1) is 0 Å². The molecule has 21 heavy (non-hydrogen) atoms. The van der Waals surface area contributed by atoms with Crippen molar-refractivity contribution >= 4 is 21.6 Å². The van der Waals surface area contributed by atoms with E-state index in [0.717, 1.165) is 32.8 Å². The molecule has 5 heteroatoms. The van der Waals surface area contributed by atoms with E-state index in [9.17, 15) is 0 Å². The normalized spacial score (nSPS) is 18.7. The largest absolute Gasteiger partial charge is 0.383 e. The number of nitrogens with zero attached hydrogens (tertiary/aromatic N) is 2. The van der Waals surface area contributed by atoms with Crippen molar-refractivity contribution in [1.29, 1.82) is 0 Å². The summed E-state index contributed by atoms with van der Waals surface area (Å²) in [7, 11) is 6.06. The number of likely N-dealkylation sites (N-methyl/N-ethyl adjacent to an activating group) is 1. The number of ether oxygens (including phenoxy) is 1. The van der Waals surface area contributed by atoms with Crippen LogP contribution in [0.25, 0.3) is 0 Å². The maximum atomic E-state index is 5.04. The standard InChI is InChI=1S/C16H26BrN3O/c1-19(2)15-6-8-20(12-15)14-5-4-13(16(17)10-14)11-18-7-9-21-3/h4-5,10,15,18H,6-9,11-12H2,1-3H3. The molecule has 1 unspecified atom stereocenters. The molecular weight excluding hydrogens is 330 g/mol. The molecule has 118 valence electrons. The van der Waals surface area contributed by atoms with Crippen LogP contribution in [-0.2, 0) is 11.3 Å². The lowest BCUT2D eigenvalue weighted by Gasteiger charge is -2.22. The summed E-state index contributed by atoms with van der Waals surface area (Å²) in [6.07, 6.45) is 1.24. The number of anilines is 1. The van der Waals surface area contributed by atoms with Gasteiger partial charge >= 0.3 is 0 Å². The molecule has 1 aliphatic rings. The van der Waals surface area contributed by atoms with Gasteiger partial charge in [0, 0.05) is 49.5 Å². The minimum absolute atomic E-state index is 0.666. The summed E-state index contributed by atoms with van der Waals surface area (Å²) in [5.74, 6) is 0. The molecule has 0 spiro atoms. The zero-order valence-electron chi connectivity index (χ0n) is 13.2. The van der Waals surface area contributed by atoms with Gasteiger partial charge in [-0.05, 0) is 38.2 Å². The van der Waals surface area contributed by atoms with Crippen LogP contribution < -0.4 is 10.2 Å². The Kier molecular flexibility index (Phi) is 6.48. The monoisotopic (exact) mass is 355 g/mol. The molecule has 1 aromatic carbocycles. The number of methoxy groups -OCH3 is 1. The summed E-state index contributed by atoms with van der Waals surface area (Å²) in [4.78, 5) is 4.79. The number of nitrogens with one attached hydrogen (secondary N) is 1. The smallest absolute Gasteiger partial charge is 0.0587 e. The van der Waals surface area contributed by atoms with E-state index in [4.69, 9.17) is 4.74 Å². The van der Waals surface area contributed by atoms with Crippen LogP contribution in [-0.4, -0.2) is 58.4 Å². The Hall–Kier alpha value is -0.620. The molecule has 1 fully saturated rings. The van der Waals surface area contributed by atoms with Gasteiger partial charge in [-0.25, -0.2) is 0 Å². The van der Waals surface area contributed by atoms with Crippen LogP contribution in [0.1, 0.15) is 12.0 Å². The second-order valence-electron chi connectivity index (χ2n) is 5.80. The molecule has 2 rings (SSSR count). The third-order valence-corrected chi connectivity index (χ3v) is 4.83. The summed E-state index contributed by atoms with van der Waals surface area (Å²) in [6, 6.07) is 7.35. The van der Waals surface area contributed by atoms with E-state index in [1.165, 1.54) is 22.1 Å². The van der Waals surface area contributed by atoms with Crippen LogP contribution in [0.4, 0.5) is 5.69 Å². The highest BCUT2D eigenvalue weighted by Crippen LogP contribution is 2.27. The molecule has 0 amide bonds. The van der Waals surface area contributed by atoms with Crippen molar-refractivity contribution in [3.05, 3.63) is 28.2 Å². The van der Waals surface area contributed by atoms with Crippen LogP contribution in [0.2, 0.25) is 0 Å². The fourth-order valence-electron chi connectivity index (χ4n) is 2.67. The van der Waals surface area contributed by atoms with E-state index in [0.29, 0.717) is 6.04 Å². The Balaban J connectivity index is 1.93. The number of hydrogen-bond donors (Lipinski definition) is 1. The van der Waals surface area contributed by atoms with E-state index < -0.39 is 0 Å². The number of hydrogen-bond acceptors (Lipinski definition) is 4. The highest BCUT2D eigenvalue weighted by molar-refractivity contribution is 9.10. The Morgan fingerprint density at radius 3 is 2.86 bits per heavy atom. The SMILES string of the molecule is COCCNCc1ccc(N2CCC(N(C)C)C2)cc1Br. The van der Waals surface area contributed by atoms with Gasteiger partial charge in [-0.2, -0.15) is 0 Å². The fraction of sp³-hybridized carbons (Fsp3) is 0.625. The summed E-state index contributed by atoms with van der Waals surface area (Å²) >= 11 is 3.70. The van der Waals surface area contributed by atoms with Crippen molar-refractivity contribution in [3.63, 3.8) is 0 Å². The van der Waals surface area contributed by atoms with Gasteiger partial charge in [0.2, 0.25) is 0 Å². The quantitative estimate of drug-likeness (QED) is 0.759. The van der Waals surface area contributed by atoms with Crippen molar-refractivity contribution < 1.29 is 4.74 Å². The van der Waals surface area contributed by atoms with E-state index in [1.54, 1.807) is 7.11 Å². The van der Waals surface area contributed by atoms with Crippen molar-refractivity contribution in [2.24, 2.45) is 0 Å². The fourth-order valence-corrected chi connectivity index (χ4v) is 3.18. The average molecular weight is 356 g/mol. The van der Waals surface area contributed by atoms with Gasteiger partial charge < -0.3 is 19.9 Å². The molecule has 1 aliphatic heterocycles. The van der Waals surface area contributed by atoms with Crippen LogP contribution in [0.5, 0.6) is 0 Å². The van der Waals surface area contributed by atoms with Gasteiger partial charge in [0.1, 0.15) is 0 Å². The Morgan fingerprint density at radius 2 is 2.24 bits per heavy atom. The number of benzene rings is 1. The van der Waals surface area contributed by atoms with Crippen molar-refractivity contribution in [2.45, 2.75) is 19.0 Å². The van der Waals surface area contributed by atoms with Gasteiger partial charge in [0.15, 0.2) is 0 Å². The first-order valence-electron chi connectivity index (χ1n) is 7.51. The molecule has 1 atom stereocenters. The van der Waals surface area contributed by atoms with Crippen molar-refractivity contribution in [3.8, 4) is 0 Å². The number of rotatable bonds is 7. The van der Waals surface area contributed by atoms with Crippen molar-refractivity contribution in [1.82, 2.24) is 10.2 Å². The number of halogens is 1. The first-order chi connectivity index (χ1) is 10.1. The van der Waals surface area contributed by atoms with Gasteiger partial charge in [-0.1, -0.05) is 22.0 Å². The molecule has 1 saturated heterocycles. The second-order valence-corrected chi connectivity index (χ2v) is 6.65. The Morgan fingerprint density at radius 1 is 1.43 bits per heavy atom. The van der Waals surface area contributed by atoms with Crippen LogP contribution in [0.3, 0.4) is 0 Å². The lowest BCUT2D eigenvalue weighted by atomic mass is 10.2. The first kappa shape index (κ1) is 16.7. The maximum Gasteiger partial charge on any atom is 0.0587 e. The second kappa shape index (κ2) is 8.13. The third kappa shape index (κ3) is 4.68. The van der Waals surface area contributed by atoms with Gasteiger partial charge in [0.05, 0.1) is 6.61 Å². The zero-order chi connectivity index (χ0) is 15.2. The van der Waals surface area contributed by atoms with Gasteiger partial charge in [-0.15, -0.1) is 0 Å². The van der Waals surface area contributed by atoms with E-state index in [-0.39, 0.29) is 0 Å². The molecular formula is C16H26BrN3O. The van der Waals surface area contributed by atoms with E-state index in [1.807, 2.05) is 0 Å². The molecule has 0 aromatic heterocycles. The Bertz CT molecular complexity index is 453. The topological polar surface area (TPSA) is 27.7 Å². The minimum Gasteiger partial charge on any atom is -0.383 e. The van der Waals surface area contributed by atoms with Gasteiger partial charge in [0.25, 0.3) is 0 Å². The zero-order valence-corrected chi connectivity index (χ0v) is 14.8. The predicted octanol–water partition coefficient (Wildman–Crippen LogP) is 2.33. The predicted molar refractivity (Wildman–Crippen MR) is 92.0 cm³/mol. The molecule has 0 radical (unpaired) electrons. The summed E-state index contributed by atoms with van der Waals surface area (Å²) in [5, 5.41) is 3.38. The third-order valence-electron chi connectivity index (χ3n) is 4.09. The Labute approximate surface area is 136 Å². The summed E-state index contributed by atoms with van der Waals surface area (Å²) < 4.78 is 6.22. The summed E-state index contributed by atoms with van der Waals surface area (Å²) in [5.41, 5.74) is 2.60. The minimum atomic E-state index is 0.666. The maximum absolute atomic E-state index is 5.04. The lowest BCUT2D eigenvalue weighted by Crippen LogP contribution is -2.31. The van der Waals surface area contributed by atoms with Crippen LogP contribution in [0.15, 0.2) is 22.7 Å². The lowest BCUT2D eigenvalue weighted by molar-refractivity contribution is 0.199. The average Bonchev–Trinajstić information content (AvgIpc) is 2.95. The molecule has 0 bridgehead atoms. The molecule has 1 heterocycles. The highest BCUT2D eigenvalue weighted by atomic mass is 79.9. The van der Waals surface area contributed by atoms with Crippen LogP contribution >= 0.6 is 15.9 Å².